The Morgan fingerprint density at radius 1 is 1.31 bits per heavy atom. The van der Waals surface area contributed by atoms with Gasteiger partial charge in [0.05, 0.1) is 28.8 Å². The molecule has 0 fully saturated rings. The minimum Gasteiger partial charge on any atom is -0.382 e. The van der Waals surface area contributed by atoms with Crippen LogP contribution in [0.25, 0.3) is 21.9 Å². The first kappa shape index (κ1) is 18.7. The van der Waals surface area contributed by atoms with Gasteiger partial charge in [-0.15, -0.1) is 0 Å². The molecule has 0 saturated carbocycles. The minimum atomic E-state index is -0.780. The van der Waals surface area contributed by atoms with Gasteiger partial charge in [0.1, 0.15) is 5.52 Å². The molecular weight excluding hydrogens is 364 g/mol. The van der Waals surface area contributed by atoms with Crippen LogP contribution in [-0.4, -0.2) is 20.4 Å². The maximum absolute atomic E-state index is 12.1. The molecular formula is C22H22N6O. The summed E-state index contributed by atoms with van der Waals surface area (Å²) in [7, 11) is 0. The van der Waals surface area contributed by atoms with Crippen LogP contribution in [-0.2, 0) is 11.3 Å². The molecule has 0 aliphatic heterocycles. The third kappa shape index (κ3) is 3.34. The van der Waals surface area contributed by atoms with Gasteiger partial charge in [0.15, 0.2) is 5.82 Å². The maximum atomic E-state index is 12.1. The number of imidazole rings is 1. The highest BCUT2D eigenvalue weighted by atomic mass is 16.1. The quantitative estimate of drug-likeness (QED) is 0.630. The van der Waals surface area contributed by atoms with Gasteiger partial charge in [0, 0.05) is 23.9 Å². The smallest absolute Gasteiger partial charge is 0.227 e. The van der Waals surface area contributed by atoms with Crippen molar-refractivity contribution < 1.29 is 4.79 Å². The molecule has 2 heterocycles. The highest BCUT2D eigenvalue weighted by Gasteiger charge is 2.35. The van der Waals surface area contributed by atoms with Gasteiger partial charge in [-0.05, 0) is 25.0 Å². The number of carbonyl (C=O) groups is 1. The van der Waals surface area contributed by atoms with E-state index in [-0.39, 0.29) is 5.91 Å². The van der Waals surface area contributed by atoms with E-state index in [0.29, 0.717) is 29.7 Å². The van der Waals surface area contributed by atoms with E-state index in [1.807, 2.05) is 30.3 Å². The van der Waals surface area contributed by atoms with Crippen LogP contribution in [0.1, 0.15) is 25.7 Å². The SMILES string of the molecule is N#CC1=CC=CC(CCCCn2cnc3c(N)nc4ccccc4c32)(C(N)=O)C1. The first-order chi connectivity index (χ1) is 14.0. The molecule has 0 saturated heterocycles. The molecule has 4 rings (SSSR count). The second-order valence-corrected chi connectivity index (χ2v) is 7.47. The van der Waals surface area contributed by atoms with E-state index in [2.05, 4.69) is 20.6 Å². The van der Waals surface area contributed by atoms with Gasteiger partial charge >= 0.3 is 0 Å². The molecule has 0 spiro atoms. The number of anilines is 1. The first-order valence-electron chi connectivity index (χ1n) is 9.61. The lowest BCUT2D eigenvalue weighted by Gasteiger charge is -2.29. The van der Waals surface area contributed by atoms with Crippen LogP contribution < -0.4 is 11.5 Å². The van der Waals surface area contributed by atoms with Crippen LogP contribution in [0.15, 0.2) is 54.4 Å². The maximum Gasteiger partial charge on any atom is 0.227 e. The molecule has 7 heteroatoms. The van der Waals surface area contributed by atoms with Crippen LogP contribution in [0.3, 0.4) is 0 Å². The molecule has 1 unspecified atom stereocenters. The molecule has 146 valence electrons. The number of carbonyl (C=O) groups excluding carboxylic acids is 1. The number of benzene rings is 1. The Kier molecular flexibility index (Phi) is 4.77. The highest BCUT2D eigenvalue weighted by molar-refractivity contribution is 6.06. The molecule has 1 aliphatic carbocycles. The molecule has 2 aromatic heterocycles. The zero-order valence-corrected chi connectivity index (χ0v) is 16.0. The summed E-state index contributed by atoms with van der Waals surface area (Å²) < 4.78 is 2.09. The Balaban J connectivity index is 1.51. The number of para-hydroxylation sites is 1. The average Bonchev–Trinajstić information content (AvgIpc) is 3.16. The number of aromatic nitrogens is 3. The first-order valence-corrected chi connectivity index (χ1v) is 9.61. The highest BCUT2D eigenvalue weighted by Crippen LogP contribution is 2.36. The average molecular weight is 386 g/mol. The molecule has 3 aromatic rings. The second-order valence-electron chi connectivity index (χ2n) is 7.47. The summed E-state index contributed by atoms with van der Waals surface area (Å²) >= 11 is 0. The number of hydrogen-bond donors (Lipinski definition) is 2. The number of nitriles is 1. The number of aryl methyl sites for hydroxylation is 1. The monoisotopic (exact) mass is 386 g/mol. The number of allylic oxidation sites excluding steroid dienone is 3. The van der Waals surface area contributed by atoms with Crippen molar-refractivity contribution in [2.45, 2.75) is 32.2 Å². The number of rotatable bonds is 6. The van der Waals surface area contributed by atoms with E-state index >= 15 is 0 Å². The van der Waals surface area contributed by atoms with Crippen molar-refractivity contribution in [1.29, 1.82) is 5.26 Å². The van der Waals surface area contributed by atoms with Crippen LogP contribution >= 0.6 is 0 Å². The van der Waals surface area contributed by atoms with E-state index < -0.39 is 5.41 Å². The van der Waals surface area contributed by atoms with Crippen molar-refractivity contribution in [1.82, 2.24) is 14.5 Å². The number of amides is 1. The lowest BCUT2D eigenvalue weighted by atomic mass is 9.74. The van der Waals surface area contributed by atoms with Crippen molar-refractivity contribution in [3.05, 3.63) is 54.4 Å². The molecule has 29 heavy (non-hydrogen) atoms. The largest absolute Gasteiger partial charge is 0.382 e. The van der Waals surface area contributed by atoms with Gasteiger partial charge in [-0.2, -0.15) is 5.26 Å². The summed E-state index contributed by atoms with van der Waals surface area (Å²) in [6, 6.07) is 10.0. The molecule has 0 bridgehead atoms. The third-order valence-corrected chi connectivity index (χ3v) is 5.61. The van der Waals surface area contributed by atoms with Crippen LogP contribution in [0, 0.1) is 16.7 Å². The number of primary amides is 1. The van der Waals surface area contributed by atoms with E-state index in [9.17, 15) is 10.1 Å². The van der Waals surface area contributed by atoms with Crippen LogP contribution in [0.4, 0.5) is 5.82 Å². The number of pyridine rings is 1. The molecule has 1 aromatic carbocycles. The summed E-state index contributed by atoms with van der Waals surface area (Å²) in [4.78, 5) is 21.0. The lowest BCUT2D eigenvalue weighted by Crippen LogP contribution is -2.36. The van der Waals surface area contributed by atoms with E-state index in [1.165, 1.54) is 0 Å². The Morgan fingerprint density at radius 2 is 2.14 bits per heavy atom. The van der Waals surface area contributed by atoms with Crippen molar-refractivity contribution in [3.8, 4) is 6.07 Å². The van der Waals surface area contributed by atoms with Crippen LogP contribution in [0.2, 0.25) is 0 Å². The lowest BCUT2D eigenvalue weighted by molar-refractivity contribution is -0.125. The molecule has 1 aliphatic rings. The van der Waals surface area contributed by atoms with Gasteiger partial charge in [-0.25, -0.2) is 9.97 Å². The molecule has 4 N–H and O–H groups in total. The van der Waals surface area contributed by atoms with Gasteiger partial charge < -0.3 is 16.0 Å². The second kappa shape index (κ2) is 7.40. The normalized spacial score (nSPS) is 18.7. The Morgan fingerprint density at radius 3 is 2.93 bits per heavy atom. The number of hydrogen-bond acceptors (Lipinski definition) is 5. The predicted molar refractivity (Wildman–Crippen MR) is 112 cm³/mol. The molecule has 0 radical (unpaired) electrons. The summed E-state index contributed by atoms with van der Waals surface area (Å²) in [5.41, 5.74) is 14.1. The fourth-order valence-corrected chi connectivity index (χ4v) is 4.05. The zero-order valence-electron chi connectivity index (χ0n) is 16.0. The van der Waals surface area contributed by atoms with E-state index in [0.717, 1.165) is 35.8 Å². The number of nitrogen functional groups attached to an aromatic ring is 1. The van der Waals surface area contributed by atoms with E-state index in [4.69, 9.17) is 11.5 Å². The van der Waals surface area contributed by atoms with Crippen molar-refractivity contribution >= 4 is 33.7 Å². The zero-order chi connectivity index (χ0) is 20.4. The van der Waals surface area contributed by atoms with Gasteiger partial charge in [-0.3, -0.25) is 4.79 Å². The number of nitrogens with two attached hydrogens (primary N) is 2. The Hall–Kier alpha value is -3.66. The number of unbranched alkanes of at least 4 members (excludes halogenated alkanes) is 1. The fraction of sp³-hybridized carbons (Fsp3) is 0.273. The standard InChI is InChI=1S/C22H22N6O/c23-13-15-6-5-10-22(12-15,21(25)29)9-3-4-11-28-14-26-18-19(28)16-7-1-2-8-17(16)27-20(18)24/h1-2,5-8,10,14H,3-4,9,11-12H2,(H2,24,27)(H2,25,29). The van der Waals surface area contributed by atoms with Crippen molar-refractivity contribution in [2.24, 2.45) is 11.1 Å². The summed E-state index contributed by atoms with van der Waals surface area (Å²) in [6.07, 6.45) is 9.74. The van der Waals surface area contributed by atoms with Crippen molar-refractivity contribution in [2.75, 3.05) is 5.73 Å². The molecule has 1 amide bonds. The van der Waals surface area contributed by atoms with Crippen LogP contribution in [0.5, 0.6) is 0 Å². The Bertz CT molecular complexity index is 1200. The topological polar surface area (TPSA) is 124 Å². The fourth-order valence-electron chi connectivity index (χ4n) is 4.05. The van der Waals surface area contributed by atoms with E-state index in [1.54, 1.807) is 18.5 Å². The minimum absolute atomic E-state index is 0.371. The van der Waals surface area contributed by atoms with Gasteiger partial charge in [-0.1, -0.05) is 36.8 Å². The van der Waals surface area contributed by atoms with Crippen molar-refractivity contribution in [3.63, 3.8) is 0 Å². The Labute approximate surface area is 168 Å². The molecule has 7 nitrogen and oxygen atoms in total. The summed E-state index contributed by atoms with van der Waals surface area (Å²) in [5, 5.41) is 10.2. The third-order valence-electron chi connectivity index (χ3n) is 5.61. The van der Waals surface area contributed by atoms with Gasteiger partial charge in [0.25, 0.3) is 0 Å². The number of fused-ring (bicyclic) bond motifs is 3. The van der Waals surface area contributed by atoms with Gasteiger partial charge in [0.2, 0.25) is 5.91 Å². The summed E-state index contributed by atoms with van der Waals surface area (Å²) in [6.45, 7) is 0.740. The summed E-state index contributed by atoms with van der Waals surface area (Å²) in [5.74, 6) is 0.0424. The predicted octanol–water partition coefficient (Wildman–Crippen LogP) is 3.22. The molecule has 1 atom stereocenters. The number of nitrogens with zero attached hydrogens (tertiary/aromatic N) is 4.